The van der Waals surface area contributed by atoms with Crippen LogP contribution < -0.4 is 10.2 Å². The second-order valence-corrected chi connectivity index (χ2v) is 3.62. The van der Waals surface area contributed by atoms with Crippen LogP contribution in [0.2, 0.25) is 0 Å². The van der Waals surface area contributed by atoms with E-state index in [-0.39, 0.29) is 6.42 Å². The molecule has 1 heterocycles. The number of hydrogen-bond donors (Lipinski definition) is 0. The molecule has 0 spiro atoms. The van der Waals surface area contributed by atoms with Crippen LogP contribution in [0.1, 0.15) is 26.7 Å². The Morgan fingerprint density at radius 3 is 2.00 bits per heavy atom. The maximum absolute atomic E-state index is 10.6. The molecule has 0 amide bonds. The Balaban J connectivity index is 0.000000437. The summed E-state index contributed by atoms with van der Waals surface area (Å²) in [5.74, 6) is -1.97. The van der Waals surface area contributed by atoms with E-state index >= 15 is 0 Å². The zero-order chi connectivity index (χ0) is 13.3. The van der Waals surface area contributed by atoms with E-state index in [0.717, 1.165) is 0 Å². The third-order valence-electron chi connectivity index (χ3n) is 2.43. The van der Waals surface area contributed by atoms with Gasteiger partial charge in [0, 0.05) is 25.1 Å². The van der Waals surface area contributed by atoms with Crippen molar-refractivity contribution in [2.45, 2.75) is 32.7 Å². The minimum Gasteiger partial charge on any atom is -0.550 e. The van der Waals surface area contributed by atoms with E-state index in [0.29, 0.717) is 32.7 Å². The standard InChI is InChI=1S/C8H15NO3.C3H6O2/c1-2-7(8(10)11)9-3-5-12-6-4-9;1-2-3(4)5/h7H,2-6H2,1H3,(H,10,11);2H2,1H3,(H,4,5)/p-2. The van der Waals surface area contributed by atoms with E-state index < -0.39 is 18.0 Å². The largest absolute Gasteiger partial charge is 0.550 e. The number of carboxylic acid groups (broad SMARTS) is 2. The second kappa shape index (κ2) is 8.95. The topological polar surface area (TPSA) is 92.7 Å². The van der Waals surface area contributed by atoms with Crippen molar-refractivity contribution in [1.82, 2.24) is 4.90 Å². The van der Waals surface area contributed by atoms with Crippen LogP contribution in [0, 0.1) is 0 Å². The molecule has 0 aromatic rings. The van der Waals surface area contributed by atoms with Gasteiger partial charge in [0.25, 0.3) is 0 Å². The molecule has 0 N–H and O–H groups in total. The molecule has 0 aliphatic carbocycles. The molecule has 0 aromatic heterocycles. The van der Waals surface area contributed by atoms with Crippen molar-refractivity contribution < 1.29 is 24.5 Å². The lowest BCUT2D eigenvalue weighted by molar-refractivity contribution is -0.312. The highest BCUT2D eigenvalue weighted by Gasteiger charge is 2.19. The lowest BCUT2D eigenvalue weighted by Crippen LogP contribution is -2.51. The lowest BCUT2D eigenvalue weighted by Gasteiger charge is -2.34. The first-order valence-corrected chi connectivity index (χ1v) is 5.75. The minimum atomic E-state index is -0.995. The Kier molecular flexibility index (Phi) is 8.35. The van der Waals surface area contributed by atoms with Gasteiger partial charge in [-0.1, -0.05) is 13.8 Å². The van der Waals surface area contributed by atoms with Crippen molar-refractivity contribution in [2.24, 2.45) is 0 Å². The van der Waals surface area contributed by atoms with E-state index in [1.807, 2.05) is 11.8 Å². The molecule has 1 unspecified atom stereocenters. The Labute approximate surface area is 101 Å². The number of ether oxygens (including phenoxy) is 1. The number of morpholine rings is 1. The summed E-state index contributed by atoms with van der Waals surface area (Å²) >= 11 is 0. The molecule has 1 saturated heterocycles. The van der Waals surface area contributed by atoms with Gasteiger partial charge in [-0.05, 0) is 12.8 Å². The lowest BCUT2D eigenvalue weighted by atomic mass is 10.2. The molecule has 17 heavy (non-hydrogen) atoms. The Hall–Kier alpha value is -1.14. The van der Waals surface area contributed by atoms with Crippen LogP contribution >= 0.6 is 0 Å². The summed E-state index contributed by atoms with van der Waals surface area (Å²) in [6.45, 7) is 6.05. The van der Waals surface area contributed by atoms with Crippen molar-refractivity contribution in [2.75, 3.05) is 26.3 Å². The fourth-order valence-electron chi connectivity index (χ4n) is 1.46. The molecule has 1 fully saturated rings. The highest BCUT2D eigenvalue weighted by molar-refractivity contribution is 5.71. The number of rotatable bonds is 4. The number of carboxylic acids is 2. The van der Waals surface area contributed by atoms with E-state index in [2.05, 4.69) is 0 Å². The molecule has 0 radical (unpaired) electrons. The van der Waals surface area contributed by atoms with E-state index in [1.54, 1.807) is 0 Å². The van der Waals surface area contributed by atoms with Gasteiger partial charge in [0.2, 0.25) is 0 Å². The van der Waals surface area contributed by atoms with Crippen molar-refractivity contribution >= 4 is 11.9 Å². The molecule has 1 aliphatic heterocycles. The third-order valence-corrected chi connectivity index (χ3v) is 2.43. The third kappa shape index (κ3) is 6.91. The predicted octanol–water partition coefficient (Wildman–Crippen LogP) is -2.01. The molecule has 1 atom stereocenters. The quantitative estimate of drug-likeness (QED) is 0.568. The summed E-state index contributed by atoms with van der Waals surface area (Å²) in [7, 11) is 0. The first-order chi connectivity index (χ1) is 8.02. The minimum absolute atomic E-state index is 0.111. The molecular formula is C11H19NO5-2. The Morgan fingerprint density at radius 2 is 1.71 bits per heavy atom. The molecule has 6 nitrogen and oxygen atoms in total. The van der Waals surface area contributed by atoms with Gasteiger partial charge in [-0.3, -0.25) is 4.90 Å². The van der Waals surface area contributed by atoms with Crippen molar-refractivity contribution in [3.63, 3.8) is 0 Å². The van der Waals surface area contributed by atoms with Crippen LogP contribution in [-0.2, 0) is 14.3 Å². The number of nitrogens with zero attached hydrogens (tertiary/aromatic N) is 1. The molecule has 0 saturated carbocycles. The first kappa shape index (κ1) is 15.9. The normalized spacial score (nSPS) is 17.8. The molecule has 0 aromatic carbocycles. The van der Waals surface area contributed by atoms with Crippen LogP contribution in [-0.4, -0.2) is 49.2 Å². The van der Waals surface area contributed by atoms with Gasteiger partial charge in [-0.25, -0.2) is 0 Å². The van der Waals surface area contributed by atoms with Gasteiger partial charge in [0.15, 0.2) is 0 Å². The zero-order valence-corrected chi connectivity index (χ0v) is 10.3. The fraction of sp³-hybridized carbons (Fsp3) is 0.818. The summed E-state index contributed by atoms with van der Waals surface area (Å²) in [4.78, 5) is 21.8. The molecule has 100 valence electrons. The summed E-state index contributed by atoms with van der Waals surface area (Å²) in [5.41, 5.74) is 0. The number of hydrogen-bond acceptors (Lipinski definition) is 6. The smallest absolute Gasteiger partial charge is 0.0594 e. The van der Waals surface area contributed by atoms with Crippen LogP contribution in [0.5, 0.6) is 0 Å². The SMILES string of the molecule is CCC(=O)[O-].CCC(C(=O)[O-])N1CCOCC1. The molecule has 6 heteroatoms. The van der Waals surface area contributed by atoms with Crippen LogP contribution in [0.25, 0.3) is 0 Å². The zero-order valence-electron chi connectivity index (χ0n) is 10.3. The van der Waals surface area contributed by atoms with Gasteiger partial charge < -0.3 is 24.5 Å². The fourth-order valence-corrected chi connectivity index (χ4v) is 1.46. The average molecular weight is 245 g/mol. The summed E-state index contributed by atoms with van der Waals surface area (Å²) in [6, 6.07) is -0.436. The molecule has 1 rings (SSSR count). The maximum Gasteiger partial charge on any atom is 0.0594 e. The van der Waals surface area contributed by atoms with E-state index in [4.69, 9.17) is 4.74 Å². The summed E-state index contributed by atoms with van der Waals surface area (Å²) in [6.07, 6.45) is 0.711. The number of carbonyl (C=O) groups is 2. The van der Waals surface area contributed by atoms with Gasteiger partial charge in [0.05, 0.1) is 19.2 Å². The number of aliphatic carboxylic acids is 2. The molecular weight excluding hydrogens is 226 g/mol. The predicted molar refractivity (Wildman–Crippen MR) is 56.8 cm³/mol. The Morgan fingerprint density at radius 1 is 1.24 bits per heavy atom. The van der Waals surface area contributed by atoms with Crippen molar-refractivity contribution in [3.8, 4) is 0 Å². The van der Waals surface area contributed by atoms with Crippen LogP contribution in [0.4, 0.5) is 0 Å². The van der Waals surface area contributed by atoms with Crippen molar-refractivity contribution in [1.29, 1.82) is 0 Å². The Bertz CT molecular complexity index is 238. The second-order valence-electron chi connectivity index (χ2n) is 3.62. The maximum atomic E-state index is 10.6. The highest BCUT2D eigenvalue weighted by atomic mass is 16.5. The number of carbonyl (C=O) groups excluding carboxylic acids is 2. The molecule has 1 aliphatic rings. The highest BCUT2D eigenvalue weighted by Crippen LogP contribution is 2.06. The van der Waals surface area contributed by atoms with Crippen LogP contribution in [0.3, 0.4) is 0 Å². The molecule has 0 bridgehead atoms. The van der Waals surface area contributed by atoms with E-state index in [9.17, 15) is 19.8 Å². The van der Waals surface area contributed by atoms with Gasteiger partial charge in [-0.2, -0.15) is 0 Å². The summed E-state index contributed by atoms with van der Waals surface area (Å²) < 4.78 is 5.12. The first-order valence-electron chi connectivity index (χ1n) is 5.75. The van der Waals surface area contributed by atoms with E-state index in [1.165, 1.54) is 6.92 Å². The van der Waals surface area contributed by atoms with Crippen molar-refractivity contribution in [3.05, 3.63) is 0 Å². The monoisotopic (exact) mass is 245 g/mol. The summed E-state index contributed by atoms with van der Waals surface area (Å²) in [5, 5.41) is 19.9. The van der Waals surface area contributed by atoms with Gasteiger partial charge in [0.1, 0.15) is 0 Å². The van der Waals surface area contributed by atoms with Gasteiger partial charge >= 0.3 is 0 Å². The average Bonchev–Trinajstić information content (AvgIpc) is 2.31. The van der Waals surface area contributed by atoms with Gasteiger partial charge in [-0.15, -0.1) is 0 Å². The van der Waals surface area contributed by atoms with Crippen LogP contribution in [0.15, 0.2) is 0 Å².